The zero-order valence-electron chi connectivity index (χ0n) is 15.3. The molecule has 1 aromatic rings. The molecule has 25 heavy (non-hydrogen) atoms. The van der Waals surface area contributed by atoms with E-state index in [4.69, 9.17) is 0 Å². The number of hydrogen-bond donors (Lipinski definition) is 1. The van der Waals surface area contributed by atoms with Crippen molar-refractivity contribution in [2.75, 3.05) is 32.7 Å². The van der Waals surface area contributed by atoms with Gasteiger partial charge < -0.3 is 14.9 Å². The first kappa shape index (κ1) is 19.9. The Balaban J connectivity index is 1.96. The van der Waals surface area contributed by atoms with Gasteiger partial charge in [-0.15, -0.1) is 11.3 Å². The minimum absolute atomic E-state index is 0.170. The Bertz CT molecular complexity index is 543. The summed E-state index contributed by atoms with van der Waals surface area (Å²) in [5.41, 5.74) is 0. The molecule has 0 aliphatic carbocycles. The van der Waals surface area contributed by atoms with E-state index < -0.39 is 5.97 Å². The lowest BCUT2D eigenvalue weighted by Gasteiger charge is -2.39. The molecule has 140 valence electrons. The summed E-state index contributed by atoms with van der Waals surface area (Å²) in [4.78, 5) is 29.2. The molecule has 1 N–H and O–H groups in total. The highest BCUT2D eigenvalue weighted by molar-refractivity contribution is 7.10. The lowest BCUT2D eigenvalue weighted by molar-refractivity contribution is -0.139. The molecule has 5 nitrogen and oxygen atoms in total. The molecule has 1 aromatic heterocycles. The van der Waals surface area contributed by atoms with Gasteiger partial charge in [-0.05, 0) is 55.8 Å². The molecule has 1 saturated heterocycles. The fourth-order valence-corrected chi connectivity index (χ4v) is 4.39. The summed E-state index contributed by atoms with van der Waals surface area (Å²) in [7, 11) is 0. The maximum Gasteiger partial charge on any atom is 0.303 e. The minimum Gasteiger partial charge on any atom is -0.481 e. The second-order valence-electron chi connectivity index (χ2n) is 6.82. The second kappa shape index (κ2) is 9.92. The normalized spacial score (nSPS) is 20.8. The lowest BCUT2D eigenvalue weighted by Crippen LogP contribution is -2.45. The summed E-state index contributed by atoms with van der Waals surface area (Å²) in [6.07, 6.45) is 2.44. The van der Waals surface area contributed by atoms with Crippen molar-refractivity contribution in [1.29, 1.82) is 0 Å². The van der Waals surface area contributed by atoms with Crippen LogP contribution in [0.25, 0.3) is 0 Å². The molecule has 2 heterocycles. The van der Waals surface area contributed by atoms with E-state index in [-0.39, 0.29) is 24.2 Å². The third-order valence-electron chi connectivity index (χ3n) is 5.30. The van der Waals surface area contributed by atoms with E-state index in [1.54, 1.807) is 11.3 Å². The van der Waals surface area contributed by atoms with E-state index in [0.717, 1.165) is 37.4 Å². The van der Waals surface area contributed by atoms with Crippen LogP contribution in [-0.4, -0.2) is 59.5 Å². The fraction of sp³-hybridized carbons (Fsp3) is 0.684. The molecule has 0 bridgehead atoms. The first-order chi connectivity index (χ1) is 12.0. The third kappa shape index (κ3) is 6.12. The number of likely N-dealkylation sites (tertiary alicyclic amines) is 1. The highest BCUT2D eigenvalue weighted by Crippen LogP contribution is 2.30. The Kier molecular flexibility index (Phi) is 7.90. The van der Waals surface area contributed by atoms with Crippen molar-refractivity contribution in [3.05, 3.63) is 22.4 Å². The Morgan fingerprint density at radius 2 is 2.08 bits per heavy atom. The second-order valence-corrected chi connectivity index (χ2v) is 7.85. The molecule has 0 spiro atoms. The van der Waals surface area contributed by atoms with Crippen LogP contribution in [0.4, 0.5) is 0 Å². The maximum absolute atomic E-state index is 12.6. The molecule has 1 fully saturated rings. The van der Waals surface area contributed by atoms with Gasteiger partial charge in [0.25, 0.3) is 0 Å². The van der Waals surface area contributed by atoms with E-state index >= 15 is 0 Å². The highest BCUT2D eigenvalue weighted by atomic mass is 32.1. The predicted octanol–water partition coefficient (Wildman–Crippen LogP) is 2.96. The number of carboxylic acids is 1. The number of rotatable bonds is 9. The Labute approximate surface area is 154 Å². The van der Waals surface area contributed by atoms with Crippen molar-refractivity contribution >= 4 is 23.2 Å². The maximum atomic E-state index is 12.6. The molecule has 1 aliphatic heterocycles. The van der Waals surface area contributed by atoms with E-state index in [2.05, 4.69) is 18.7 Å². The van der Waals surface area contributed by atoms with Gasteiger partial charge in [-0.2, -0.15) is 0 Å². The number of amides is 1. The summed E-state index contributed by atoms with van der Waals surface area (Å²) in [5, 5.41) is 11.2. The van der Waals surface area contributed by atoms with Crippen LogP contribution in [0.5, 0.6) is 0 Å². The number of piperidine rings is 1. The molecule has 0 aromatic carbocycles. The van der Waals surface area contributed by atoms with Gasteiger partial charge >= 0.3 is 5.97 Å². The van der Waals surface area contributed by atoms with Gasteiger partial charge in [-0.1, -0.05) is 19.9 Å². The number of nitrogens with zero attached hydrogens (tertiary/aromatic N) is 2. The van der Waals surface area contributed by atoms with Crippen LogP contribution < -0.4 is 0 Å². The largest absolute Gasteiger partial charge is 0.481 e. The fourth-order valence-electron chi connectivity index (χ4n) is 3.69. The van der Waals surface area contributed by atoms with Gasteiger partial charge in [0.1, 0.15) is 0 Å². The quantitative estimate of drug-likeness (QED) is 0.730. The number of thiophene rings is 1. The van der Waals surface area contributed by atoms with Crippen LogP contribution in [0.1, 0.15) is 38.0 Å². The van der Waals surface area contributed by atoms with Crippen molar-refractivity contribution in [3.8, 4) is 0 Å². The molecule has 0 radical (unpaired) electrons. The monoisotopic (exact) mass is 366 g/mol. The smallest absolute Gasteiger partial charge is 0.303 e. The van der Waals surface area contributed by atoms with Gasteiger partial charge in [-0.3, -0.25) is 9.59 Å². The zero-order valence-corrected chi connectivity index (χ0v) is 16.1. The molecular formula is C19H30N2O3S. The summed E-state index contributed by atoms with van der Waals surface area (Å²) in [6.45, 7) is 8.67. The Morgan fingerprint density at radius 1 is 1.32 bits per heavy atom. The number of hydrogen-bond acceptors (Lipinski definition) is 4. The van der Waals surface area contributed by atoms with Crippen molar-refractivity contribution in [2.24, 2.45) is 11.8 Å². The average molecular weight is 367 g/mol. The third-order valence-corrected chi connectivity index (χ3v) is 6.17. The molecule has 6 heteroatoms. The number of carboxylic acid groups (broad SMARTS) is 1. The molecule has 1 amide bonds. The predicted molar refractivity (Wildman–Crippen MR) is 101 cm³/mol. The number of carbonyl (C=O) groups excluding carboxylic acids is 1. The van der Waals surface area contributed by atoms with Crippen molar-refractivity contribution in [3.63, 3.8) is 0 Å². The minimum atomic E-state index is -0.726. The van der Waals surface area contributed by atoms with Crippen molar-refractivity contribution in [1.82, 2.24) is 9.80 Å². The Hall–Kier alpha value is -1.40. The van der Waals surface area contributed by atoms with Crippen LogP contribution >= 0.6 is 11.3 Å². The van der Waals surface area contributed by atoms with Gasteiger partial charge in [0.15, 0.2) is 0 Å². The van der Waals surface area contributed by atoms with E-state index in [1.165, 1.54) is 0 Å². The zero-order chi connectivity index (χ0) is 18.2. The van der Waals surface area contributed by atoms with E-state index in [0.29, 0.717) is 19.5 Å². The van der Waals surface area contributed by atoms with Crippen molar-refractivity contribution < 1.29 is 14.7 Å². The van der Waals surface area contributed by atoms with Crippen LogP contribution in [-0.2, 0) is 16.0 Å². The molecule has 2 unspecified atom stereocenters. The molecular weight excluding hydrogens is 336 g/mol. The van der Waals surface area contributed by atoms with E-state index in [1.807, 2.05) is 22.4 Å². The highest BCUT2D eigenvalue weighted by Gasteiger charge is 2.32. The summed E-state index contributed by atoms with van der Waals surface area (Å²) in [5.74, 6) is -0.100. The van der Waals surface area contributed by atoms with Gasteiger partial charge in [0.2, 0.25) is 5.91 Å². The van der Waals surface area contributed by atoms with Gasteiger partial charge in [0, 0.05) is 24.4 Å². The standard InChI is InChI=1S/C19H30N2O3S/c1-3-20(4-2)9-7-16-14-21(10-8-15(16)12-19(23)24)18(22)13-17-6-5-11-25-17/h5-6,11,15-16H,3-4,7-10,12-14H2,1-2H3,(H,23,24). The summed E-state index contributed by atoms with van der Waals surface area (Å²) in [6, 6.07) is 3.97. The lowest BCUT2D eigenvalue weighted by atomic mass is 9.81. The molecule has 1 aliphatic rings. The van der Waals surface area contributed by atoms with Crippen LogP contribution in [0.3, 0.4) is 0 Å². The van der Waals surface area contributed by atoms with Crippen LogP contribution in [0, 0.1) is 11.8 Å². The molecule has 0 saturated carbocycles. The summed E-state index contributed by atoms with van der Waals surface area (Å²) >= 11 is 1.61. The van der Waals surface area contributed by atoms with Gasteiger partial charge in [0.05, 0.1) is 6.42 Å². The first-order valence-corrected chi connectivity index (χ1v) is 10.2. The SMILES string of the molecule is CCN(CC)CCC1CN(C(=O)Cc2cccs2)CCC1CC(=O)O. The van der Waals surface area contributed by atoms with E-state index in [9.17, 15) is 14.7 Å². The molecule has 2 rings (SSSR count). The first-order valence-electron chi connectivity index (χ1n) is 9.27. The number of carbonyl (C=O) groups is 2. The van der Waals surface area contributed by atoms with Crippen LogP contribution in [0.15, 0.2) is 17.5 Å². The van der Waals surface area contributed by atoms with Crippen LogP contribution in [0.2, 0.25) is 0 Å². The molecule has 2 atom stereocenters. The number of aliphatic carboxylic acids is 1. The van der Waals surface area contributed by atoms with Crippen molar-refractivity contribution in [2.45, 2.75) is 39.5 Å². The topological polar surface area (TPSA) is 60.9 Å². The Morgan fingerprint density at radius 3 is 2.68 bits per heavy atom. The summed E-state index contributed by atoms with van der Waals surface area (Å²) < 4.78 is 0. The average Bonchev–Trinajstić information content (AvgIpc) is 3.09. The van der Waals surface area contributed by atoms with Gasteiger partial charge in [-0.25, -0.2) is 0 Å².